The highest BCUT2D eigenvalue weighted by Crippen LogP contribution is 2.19. The maximum absolute atomic E-state index is 5.45. The lowest BCUT2D eigenvalue weighted by Crippen LogP contribution is -2.10. The van der Waals surface area contributed by atoms with Crippen molar-refractivity contribution in [1.29, 1.82) is 0 Å². The van der Waals surface area contributed by atoms with Crippen molar-refractivity contribution in [2.24, 2.45) is 0 Å². The van der Waals surface area contributed by atoms with E-state index in [2.05, 4.69) is 29.4 Å². The van der Waals surface area contributed by atoms with Crippen molar-refractivity contribution in [1.82, 2.24) is 10.3 Å². The van der Waals surface area contributed by atoms with Gasteiger partial charge in [-0.05, 0) is 26.1 Å². The fourth-order valence-electron chi connectivity index (χ4n) is 1.50. The van der Waals surface area contributed by atoms with Gasteiger partial charge in [0.2, 0.25) is 5.89 Å². The van der Waals surface area contributed by atoms with Crippen molar-refractivity contribution in [3.05, 3.63) is 41.8 Å². The predicted octanol–water partition coefficient (Wildman–Crippen LogP) is 2.41. The molecule has 0 aliphatic carbocycles. The third-order valence-electron chi connectivity index (χ3n) is 2.48. The van der Waals surface area contributed by atoms with Gasteiger partial charge >= 0.3 is 0 Å². The quantitative estimate of drug-likeness (QED) is 0.853. The molecule has 1 aromatic heterocycles. The van der Waals surface area contributed by atoms with Gasteiger partial charge in [-0.15, -0.1) is 0 Å². The van der Waals surface area contributed by atoms with Gasteiger partial charge in [-0.25, -0.2) is 4.98 Å². The lowest BCUT2D eigenvalue weighted by molar-refractivity contribution is 0.572. The van der Waals surface area contributed by atoms with E-state index in [4.69, 9.17) is 4.42 Å². The molecular formula is C13H16N2O. The molecule has 1 N–H and O–H groups in total. The summed E-state index contributed by atoms with van der Waals surface area (Å²) in [4.78, 5) is 4.44. The molecule has 2 aromatic rings. The molecule has 3 heteroatoms. The molecule has 0 saturated heterocycles. The summed E-state index contributed by atoms with van der Waals surface area (Å²) in [6.45, 7) is 2.98. The van der Waals surface area contributed by atoms with Crippen LogP contribution < -0.4 is 5.32 Å². The van der Waals surface area contributed by atoms with Gasteiger partial charge in [0, 0.05) is 18.5 Å². The average molecular weight is 216 g/mol. The van der Waals surface area contributed by atoms with Crippen molar-refractivity contribution in [2.75, 3.05) is 13.6 Å². The Morgan fingerprint density at radius 1 is 1.25 bits per heavy atom. The molecule has 16 heavy (non-hydrogen) atoms. The maximum atomic E-state index is 5.45. The second kappa shape index (κ2) is 4.94. The van der Waals surface area contributed by atoms with Crippen molar-refractivity contribution in [2.45, 2.75) is 13.3 Å². The third kappa shape index (κ3) is 2.49. The first-order valence-electron chi connectivity index (χ1n) is 5.45. The molecule has 1 aromatic carbocycles. The van der Waals surface area contributed by atoms with Gasteiger partial charge in [0.1, 0.15) is 6.26 Å². The van der Waals surface area contributed by atoms with Gasteiger partial charge in [0.05, 0.1) is 5.69 Å². The fraction of sp³-hybridized carbons (Fsp3) is 0.308. The summed E-state index contributed by atoms with van der Waals surface area (Å²) in [7, 11) is 1.93. The number of benzene rings is 1. The standard InChI is InChI=1S/C13H16N2O/c1-10-3-5-11(6-4-10)13-15-12(9-16-13)7-8-14-2/h3-6,9,14H,7-8H2,1-2H3. The van der Waals surface area contributed by atoms with Gasteiger partial charge in [0.15, 0.2) is 0 Å². The Kier molecular flexibility index (Phi) is 3.37. The van der Waals surface area contributed by atoms with E-state index in [1.54, 1.807) is 6.26 Å². The molecule has 84 valence electrons. The predicted molar refractivity (Wildman–Crippen MR) is 64.3 cm³/mol. The summed E-state index contributed by atoms with van der Waals surface area (Å²) < 4.78 is 5.45. The zero-order chi connectivity index (χ0) is 11.4. The molecule has 3 nitrogen and oxygen atoms in total. The molecule has 0 saturated carbocycles. The van der Waals surface area contributed by atoms with Crippen LogP contribution in [-0.2, 0) is 6.42 Å². The summed E-state index contributed by atoms with van der Waals surface area (Å²) in [6.07, 6.45) is 2.62. The highest BCUT2D eigenvalue weighted by atomic mass is 16.3. The van der Waals surface area contributed by atoms with Gasteiger partial charge in [0.25, 0.3) is 0 Å². The molecule has 2 rings (SSSR count). The van der Waals surface area contributed by atoms with Crippen molar-refractivity contribution < 1.29 is 4.42 Å². The minimum Gasteiger partial charge on any atom is -0.444 e. The number of nitrogens with zero attached hydrogens (tertiary/aromatic N) is 1. The van der Waals surface area contributed by atoms with E-state index in [0.717, 1.165) is 24.2 Å². The summed E-state index contributed by atoms with van der Waals surface area (Å²) in [5.74, 6) is 0.700. The Morgan fingerprint density at radius 3 is 2.69 bits per heavy atom. The second-order valence-electron chi connectivity index (χ2n) is 3.86. The van der Waals surface area contributed by atoms with Gasteiger partial charge < -0.3 is 9.73 Å². The zero-order valence-corrected chi connectivity index (χ0v) is 9.66. The number of rotatable bonds is 4. The van der Waals surface area contributed by atoms with E-state index in [9.17, 15) is 0 Å². The van der Waals surface area contributed by atoms with Gasteiger partial charge in [-0.1, -0.05) is 17.7 Å². The van der Waals surface area contributed by atoms with E-state index in [-0.39, 0.29) is 0 Å². The van der Waals surface area contributed by atoms with E-state index in [1.165, 1.54) is 5.56 Å². The lowest BCUT2D eigenvalue weighted by atomic mass is 10.1. The van der Waals surface area contributed by atoms with Crippen LogP contribution in [0, 0.1) is 6.92 Å². The van der Waals surface area contributed by atoms with Crippen LogP contribution in [0.5, 0.6) is 0 Å². The van der Waals surface area contributed by atoms with Gasteiger partial charge in [-0.2, -0.15) is 0 Å². The van der Waals surface area contributed by atoms with Crippen molar-refractivity contribution >= 4 is 0 Å². The van der Waals surface area contributed by atoms with Crippen LogP contribution in [0.15, 0.2) is 34.9 Å². The van der Waals surface area contributed by atoms with E-state index < -0.39 is 0 Å². The van der Waals surface area contributed by atoms with Crippen molar-refractivity contribution in [3.8, 4) is 11.5 Å². The first kappa shape index (κ1) is 10.9. The number of oxazole rings is 1. The molecule has 0 fully saturated rings. The summed E-state index contributed by atoms with van der Waals surface area (Å²) in [5, 5.41) is 3.09. The number of hydrogen-bond acceptors (Lipinski definition) is 3. The second-order valence-corrected chi connectivity index (χ2v) is 3.86. The number of likely N-dealkylation sites (N-methyl/N-ethyl adjacent to an activating group) is 1. The van der Waals surface area contributed by atoms with E-state index in [0.29, 0.717) is 5.89 Å². The lowest BCUT2D eigenvalue weighted by Gasteiger charge is -1.96. The highest BCUT2D eigenvalue weighted by Gasteiger charge is 2.05. The molecular weight excluding hydrogens is 200 g/mol. The Hall–Kier alpha value is -1.61. The normalized spacial score (nSPS) is 10.6. The van der Waals surface area contributed by atoms with Crippen LogP contribution in [0.2, 0.25) is 0 Å². The minimum absolute atomic E-state index is 0.700. The molecule has 0 amide bonds. The highest BCUT2D eigenvalue weighted by molar-refractivity contribution is 5.53. The molecule has 0 aliphatic rings. The molecule has 0 spiro atoms. The largest absolute Gasteiger partial charge is 0.444 e. The summed E-state index contributed by atoms with van der Waals surface area (Å²) >= 11 is 0. The maximum Gasteiger partial charge on any atom is 0.226 e. The zero-order valence-electron chi connectivity index (χ0n) is 9.66. The minimum atomic E-state index is 0.700. The number of nitrogens with one attached hydrogen (secondary N) is 1. The summed E-state index contributed by atoms with van der Waals surface area (Å²) in [6, 6.07) is 8.19. The van der Waals surface area contributed by atoms with E-state index >= 15 is 0 Å². The topological polar surface area (TPSA) is 38.1 Å². The molecule has 1 heterocycles. The molecule has 0 unspecified atom stereocenters. The fourth-order valence-corrected chi connectivity index (χ4v) is 1.50. The van der Waals surface area contributed by atoms with Crippen LogP contribution in [0.4, 0.5) is 0 Å². The Morgan fingerprint density at radius 2 is 2.00 bits per heavy atom. The Bertz CT molecular complexity index is 445. The Labute approximate surface area is 95.5 Å². The van der Waals surface area contributed by atoms with E-state index in [1.807, 2.05) is 19.2 Å². The number of aryl methyl sites for hydroxylation is 1. The summed E-state index contributed by atoms with van der Waals surface area (Å²) in [5.41, 5.74) is 3.26. The average Bonchev–Trinajstić information content (AvgIpc) is 2.76. The van der Waals surface area contributed by atoms with Crippen LogP contribution in [0.3, 0.4) is 0 Å². The molecule has 0 bridgehead atoms. The molecule has 0 aliphatic heterocycles. The van der Waals surface area contributed by atoms with Crippen LogP contribution >= 0.6 is 0 Å². The van der Waals surface area contributed by atoms with Crippen LogP contribution in [-0.4, -0.2) is 18.6 Å². The number of aromatic nitrogens is 1. The molecule has 0 atom stereocenters. The van der Waals surface area contributed by atoms with Gasteiger partial charge in [-0.3, -0.25) is 0 Å². The monoisotopic (exact) mass is 216 g/mol. The van der Waals surface area contributed by atoms with Crippen molar-refractivity contribution in [3.63, 3.8) is 0 Å². The Balaban J connectivity index is 2.15. The van der Waals surface area contributed by atoms with Crippen LogP contribution in [0.1, 0.15) is 11.3 Å². The van der Waals surface area contributed by atoms with Crippen LogP contribution in [0.25, 0.3) is 11.5 Å². The first-order valence-corrected chi connectivity index (χ1v) is 5.45. The smallest absolute Gasteiger partial charge is 0.226 e. The SMILES string of the molecule is CNCCc1coc(-c2ccc(C)cc2)n1. The number of hydrogen-bond donors (Lipinski definition) is 1. The third-order valence-corrected chi connectivity index (χ3v) is 2.48. The first-order chi connectivity index (χ1) is 7.79. The molecule has 0 radical (unpaired) electrons.